The summed E-state index contributed by atoms with van der Waals surface area (Å²) in [6, 6.07) is 29.6. The number of benzene rings is 4. The molecule has 2 aliphatic rings. The highest BCUT2D eigenvalue weighted by atomic mass is 19.1. The topological polar surface area (TPSA) is 143 Å². The molecule has 6 rings (SSSR count). The highest BCUT2D eigenvalue weighted by molar-refractivity contribution is 6.38. The first-order valence-electron chi connectivity index (χ1n) is 12.9. The standard InChI is InChI=1S/C36H12F2N6/c37-31-9-19(13-39)1-5-25(31)21-3-7-27-29(11-21)33(23(15-41)16-42)36-28-8-4-22(26-6-2-20(14-40)10-32(26)38)12-30(28)34(35(27)36)24(17-43)18-44/h1-12H. The van der Waals surface area contributed by atoms with Crippen molar-refractivity contribution in [2.75, 3.05) is 0 Å². The van der Waals surface area contributed by atoms with Crippen molar-refractivity contribution in [1.82, 2.24) is 0 Å². The second-order valence-electron chi connectivity index (χ2n) is 9.83. The minimum absolute atomic E-state index is 0.150. The van der Waals surface area contributed by atoms with Gasteiger partial charge < -0.3 is 0 Å². The van der Waals surface area contributed by atoms with Gasteiger partial charge in [0.05, 0.1) is 23.3 Å². The van der Waals surface area contributed by atoms with E-state index in [0.717, 1.165) is 12.1 Å². The van der Waals surface area contributed by atoms with Crippen molar-refractivity contribution in [3.8, 4) is 58.7 Å². The molecule has 6 nitrogen and oxygen atoms in total. The number of nitrogens with zero attached hydrogens (tertiary/aromatic N) is 6. The van der Waals surface area contributed by atoms with Gasteiger partial charge in [0.2, 0.25) is 0 Å². The molecule has 0 N–H and O–H groups in total. The third-order valence-electron chi connectivity index (χ3n) is 7.63. The van der Waals surface area contributed by atoms with E-state index in [1.54, 1.807) is 36.4 Å². The third kappa shape index (κ3) is 3.94. The van der Waals surface area contributed by atoms with Gasteiger partial charge in [-0.05, 0) is 69.8 Å². The summed E-state index contributed by atoms with van der Waals surface area (Å²) in [5, 5.41) is 58.2. The number of hydrogen-bond acceptors (Lipinski definition) is 6. The molecule has 2 aliphatic carbocycles. The van der Waals surface area contributed by atoms with Gasteiger partial charge in [-0.3, -0.25) is 0 Å². The van der Waals surface area contributed by atoms with Gasteiger partial charge >= 0.3 is 0 Å². The summed E-state index contributed by atoms with van der Waals surface area (Å²) in [5.41, 5.74) is 4.48. The van der Waals surface area contributed by atoms with Crippen LogP contribution in [0.4, 0.5) is 8.78 Å². The van der Waals surface area contributed by atoms with Gasteiger partial charge in [0, 0.05) is 33.4 Å². The van der Waals surface area contributed by atoms with Gasteiger partial charge in [-0.25, -0.2) is 8.78 Å². The first-order valence-corrected chi connectivity index (χ1v) is 12.9. The molecule has 0 aliphatic heterocycles. The molecule has 0 atom stereocenters. The Labute approximate surface area is 250 Å². The molecule has 200 valence electrons. The Bertz CT molecular complexity index is 2170. The predicted molar refractivity (Wildman–Crippen MR) is 156 cm³/mol. The lowest BCUT2D eigenvalue weighted by molar-refractivity contribution is 0.630. The molecule has 0 bridgehead atoms. The molecule has 0 amide bonds. The first kappa shape index (κ1) is 27.1. The molecule has 0 radical (unpaired) electrons. The van der Waals surface area contributed by atoms with Gasteiger partial charge in [0.1, 0.15) is 47.1 Å². The first-order chi connectivity index (χ1) is 21.4. The van der Waals surface area contributed by atoms with Crippen LogP contribution in [-0.2, 0) is 0 Å². The molecule has 0 heterocycles. The third-order valence-corrected chi connectivity index (χ3v) is 7.63. The molecule has 0 spiro atoms. The van der Waals surface area contributed by atoms with Crippen LogP contribution in [0.2, 0.25) is 0 Å². The minimum Gasteiger partial charge on any atom is -0.206 e. The maximum atomic E-state index is 15.0. The van der Waals surface area contributed by atoms with Crippen LogP contribution in [0.3, 0.4) is 0 Å². The summed E-state index contributed by atoms with van der Waals surface area (Å²) >= 11 is 0. The van der Waals surface area contributed by atoms with E-state index in [2.05, 4.69) is 0 Å². The number of nitriles is 6. The van der Waals surface area contributed by atoms with Crippen LogP contribution >= 0.6 is 0 Å². The van der Waals surface area contributed by atoms with Crippen LogP contribution < -0.4 is 0 Å². The van der Waals surface area contributed by atoms with E-state index >= 15 is 0 Å². The van der Waals surface area contributed by atoms with E-state index in [4.69, 9.17) is 10.5 Å². The largest absolute Gasteiger partial charge is 0.206 e. The van der Waals surface area contributed by atoms with Gasteiger partial charge in [-0.15, -0.1) is 0 Å². The minimum atomic E-state index is -0.626. The average Bonchev–Trinajstić information content (AvgIpc) is 3.54. The van der Waals surface area contributed by atoms with Crippen LogP contribution in [0.15, 0.2) is 83.9 Å². The summed E-state index contributed by atoms with van der Waals surface area (Å²) in [6.07, 6.45) is 0. The van der Waals surface area contributed by atoms with Crippen molar-refractivity contribution in [2.45, 2.75) is 0 Å². The lowest BCUT2D eigenvalue weighted by Gasteiger charge is -2.15. The highest BCUT2D eigenvalue weighted by Gasteiger charge is 2.40. The van der Waals surface area contributed by atoms with Crippen molar-refractivity contribution in [1.29, 1.82) is 31.6 Å². The van der Waals surface area contributed by atoms with Crippen LogP contribution in [-0.4, -0.2) is 0 Å². The summed E-state index contributed by atoms with van der Waals surface area (Å²) in [4.78, 5) is 0. The molecule has 0 aromatic heterocycles. The Balaban J connectivity index is 1.63. The Morgan fingerprint density at radius 2 is 0.795 bits per heavy atom. The smallest absolute Gasteiger partial charge is 0.138 e. The lowest BCUT2D eigenvalue weighted by atomic mass is 9.87. The molecule has 0 saturated heterocycles. The average molecular weight is 567 g/mol. The number of rotatable bonds is 2. The van der Waals surface area contributed by atoms with Gasteiger partial charge in [0.15, 0.2) is 0 Å². The zero-order chi connectivity index (χ0) is 31.1. The second kappa shape index (κ2) is 10.4. The molecule has 0 fully saturated rings. The fraction of sp³-hybridized carbons (Fsp3) is 0. The normalized spacial score (nSPS) is 12.0. The quantitative estimate of drug-likeness (QED) is 0.229. The Kier molecular flexibility index (Phi) is 6.39. The number of hydrogen-bond donors (Lipinski definition) is 0. The summed E-state index contributed by atoms with van der Waals surface area (Å²) in [7, 11) is 0. The summed E-state index contributed by atoms with van der Waals surface area (Å²) in [6.45, 7) is 0. The zero-order valence-corrected chi connectivity index (χ0v) is 22.4. The van der Waals surface area contributed by atoms with E-state index in [-0.39, 0.29) is 44.5 Å². The van der Waals surface area contributed by atoms with E-state index in [9.17, 15) is 29.8 Å². The van der Waals surface area contributed by atoms with Crippen LogP contribution in [0.25, 0.3) is 44.5 Å². The Hall–Kier alpha value is -7.10. The van der Waals surface area contributed by atoms with Crippen LogP contribution in [0.1, 0.15) is 33.4 Å². The molecular formula is C36H12F2N6. The van der Waals surface area contributed by atoms with Crippen molar-refractivity contribution < 1.29 is 8.78 Å². The molecule has 4 aromatic rings. The SMILES string of the molecule is N#CC(C#N)=C1C2=C(C(=C(C#N)C#N)c3cc(-c4ccc(C#N)cc4F)ccc32)c2ccc(-c3ccc(C#N)cc3F)cc21. The molecule has 0 unspecified atom stereocenters. The van der Waals surface area contributed by atoms with Crippen molar-refractivity contribution in [3.63, 3.8) is 0 Å². The number of halogens is 2. The molecular weight excluding hydrogens is 554 g/mol. The van der Waals surface area contributed by atoms with Gasteiger partial charge in [0.25, 0.3) is 0 Å². The summed E-state index contributed by atoms with van der Waals surface area (Å²) in [5.74, 6) is -1.25. The lowest BCUT2D eigenvalue weighted by Crippen LogP contribution is -1.97. The fourth-order valence-corrected chi connectivity index (χ4v) is 5.76. The van der Waals surface area contributed by atoms with E-state index in [1.165, 1.54) is 24.3 Å². The summed E-state index contributed by atoms with van der Waals surface area (Å²) < 4.78 is 30.0. The zero-order valence-electron chi connectivity index (χ0n) is 22.4. The number of fused-ring (bicyclic) bond motifs is 4. The van der Waals surface area contributed by atoms with Crippen molar-refractivity contribution in [3.05, 3.63) is 129 Å². The predicted octanol–water partition coefficient (Wildman–Crippen LogP) is 7.58. The Morgan fingerprint density at radius 3 is 1.11 bits per heavy atom. The van der Waals surface area contributed by atoms with Crippen molar-refractivity contribution >= 4 is 22.3 Å². The van der Waals surface area contributed by atoms with Crippen molar-refractivity contribution in [2.24, 2.45) is 0 Å². The van der Waals surface area contributed by atoms with Gasteiger partial charge in [-0.2, -0.15) is 31.6 Å². The molecule has 0 saturated carbocycles. The van der Waals surface area contributed by atoms with E-state index in [1.807, 2.05) is 36.4 Å². The van der Waals surface area contributed by atoms with E-state index in [0.29, 0.717) is 44.5 Å². The molecule has 8 heteroatoms. The fourth-order valence-electron chi connectivity index (χ4n) is 5.76. The maximum absolute atomic E-state index is 15.0. The monoisotopic (exact) mass is 566 g/mol. The van der Waals surface area contributed by atoms with E-state index < -0.39 is 11.6 Å². The van der Waals surface area contributed by atoms with Crippen LogP contribution in [0.5, 0.6) is 0 Å². The highest BCUT2D eigenvalue weighted by Crippen LogP contribution is 2.59. The molecule has 44 heavy (non-hydrogen) atoms. The van der Waals surface area contributed by atoms with Crippen LogP contribution in [0, 0.1) is 79.6 Å². The maximum Gasteiger partial charge on any atom is 0.138 e. The second-order valence-corrected chi connectivity index (χ2v) is 9.83. The number of allylic oxidation sites excluding steroid dienone is 6. The molecule has 4 aromatic carbocycles. The van der Waals surface area contributed by atoms with Gasteiger partial charge in [-0.1, -0.05) is 36.4 Å². The Morgan fingerprint density at radius 1 is 0.432 bits per heavy atom.